The van der Waals surface area contributed by atoms with Gasteiger partial charge in [0, 0.05) is 23.7 Å². The minimum atomic E-state index is -3.59. The topological polar surface area (TPSA) is 75.7 Å². The molecular formula is C20H23ClN2O4S. The average molecular weight is 423 g/mol. The normalized spacial score (nSPS) is 14.8. The van der Waals surface area contributed by atoms with Crippen LogP contribution in [0.4, 0.5) is 5.69 Å². The molecule has 0 atom stereocenters. The molecule has 2 aromatic carbocycles. The summed E-state index contributed by atoms with van der Waals surface area (Å²) in [6.45, 7) is 3.52. The van der Waals surface area contributed by atoms with Crippen molar-refractivity contribution >= 4 is 33.2 Å². The van der Waals surface area contributed by atoms with Crippen LogP contribution in [-0.4, -0.2) is 38.3 Å². The number of anilines is 1. The summed E-state index contributed by atoms with van der Waals surface area (Å²) in [5.41, 5.74) is 0.695. The molecule has 1 aliphatic rings. The molecule has 8 heteroatoms. The monoisotopic (exact) mass is 422 g/mol. The van der Waals surface area contributed by atoms with Crippen molar-refractivity contribution in [3.63, 3.8) is 0 Å². The number of hydrogen-bond acceptors (Lipinski definition) is 4. The summed E-state index contributed by atoms with van der Waals surface area (Å²) in [5, 5.41) is 3.23. The van der Waals surface area contributed by atoms with Gasteiger partial charge in [0.1, 0.15) is 5.75 Å². The van der Waals surface area contributed by atoms with Crippen LogP contribution in [0.5, 0.6) is 5.75 Å². The summed E-state index contributed by atoms with van der Waals surface area (Å²) < 4.78 is 32.6. The first-order chi connectivity index (χ1) is 13.4. The molecule has 0 aliphatic carbocycles. The van der Waals surface area contributed by atoms with Crippen LogP contribution in [0.15, 0.2) is 47.4 Å². The third-order valence-corrected chi connectivity index (χ3v) is 6.58. The first kappa shape index (κ1) is 20.6. The average Bonchev–Trinajstić information content (AvgIpc) is 3.23. The highest BCUT2D eigenvalue weighted by Gasteiger charge is 2.27. The Morgan fingerprint density at radius 3 is 2.64 bits per heavy atom. The quantitative estimate of drug-likeness (QED) is 0.726. The molecule has 1 N–H and O–H groups in total. The van der Waals surface area contributed by atoms with Gasteiger partial charge in [-0.2, -0.15) is 4.31 Å². The second-order valence-corrected chi connectivity index (χ2v) is 8.96. The Morgan fingerprint density at radius 1 is 1.18 bits per heavy atom. The van der Waals surface area contributed by atoms with Crippen LogP contribution in [-0.2, 0) is 10.0 Å². The zero-order valence-electron chi connectivity index (χ0n) is 15.7. The predicted octanol–water partition coefficient (Wildman–Crippen LogP) is 4.17. The lowest BCUT2D eigenvalue weighted by Crippen LogP contribution is -2.28. The van der Waals surface area contributed by atoms with E-state index in [4.69, 9.17) is 16.3 Å². The summed E-state index contributed by atoms with van der Waals surface area (Å²) in [4.78, 5) is 12.9. The van der Waals surface area contributed by atoms with Gasteiger partial charge >= 0.3 is 0 Å². The van der Waals surface area contributed by atoms with Crippen LogP contribution in [0.25, 0.3) is 0 Å². The fourth-order valence-electron chi connectivity index (χ4n) is 3.01. The first-order valence-corrected chi connectivity index (χ1v) is 11.1. The molecule has 1 saturated heterocycles. The minimum absolute atomic E-state index is 0.121. The van der Waals surface area contributed by atoms with E-state index in [0.29, 0.717) is 36.2 Å². The molecule has 150 valence electrons. The first-order valence-electron chi connectivity index (χ1n) is 9.25. The molecule has 0 radical (unpaired) electrons. The highest BCUT2D eigenvalue weighted by atomic mass is 35.5. The van der Waals surface area contributed by atoms with E-state index >= 15 is 0 Å². The molecule has 0 saturated carbocycles. The molecule has 28 heavy (non-hydrogen) atoms. The number of ether oxygens (including phenoxy) is 1. The number of nitrogens with zero attached hydrogens (tertiary/aromatic N) is 1. The molecule has 3 rings (SSSR count). The van der Waals surface area contributed by atoms with E-state index in [9.17, 15) is 13.2 Å². The van der Waals surface area contributed by atoms with Gasteiger partial charge in [-0.05, 0) is 55.7 Å². The van der Waals surface area contributed by atoms with E-state index < -0.39 is 15.9 Å². The Morgan fingerprint density at radius 2 is 1.93 bits per heavy atom. The van der Waals surface area contributed by atoms with E-state index in [2.05, 4.69) is 5.32 Å². The number of halogens is 1. The Balaban J connectivity index is 1.83. The highest BCUT2D eigenvalue weighted by molar-refractivity contribution is 7.89. The maximum absolute atomic E-state index is 12.7. The Bertz CT molecular complexity index is 956. The van der Waals surface area contributed by atoms with Crippen molar-refractivity contribution in [3.8, 4) is 5.75 Å². The number of amides is 1. The molecule has 0 aromatic heterocycles. The third kappa shape index (κ3) is 4.66. The number of hydrogen-bond donors (Lipinski definition) is 1. The molecule has 1 fully saturated rings. The smallest absolute Gasteiger partial charge is 0.255 e. The number of nitrogens with one attached hydrogen (secondary N) is 1. The van der Waals surface area contributed by atoms with Gasteiger partial charge in [-0.15, -0.1) is 0 Å². The van der Waals surface area contributed by atoms with Crippen LogP contribution in [0.2, 0.25) is 5.02 Å². The van der Waals surface area contributed by atoms with Gasteiger partial charge in [0.25, 0.3) is 5.91 Å². The van der Waals surface area contributed by atoms with E-state index in [1.807, 2.05) is 6.92 Å². The van der Waals surface area contributed by atoms with E-state index in [1.54, 1.807) is 30.3 Å². The molecule has 1 aliphatic heterocycles. The second-order valence-electron chi connectivity index (χ2n) is 6.58. The molecule has 0 bridgehead atoms. The molecule has 1 amide bonds. The summed E-state index contributed by atoms with van der Waals surface area (Å²) >= 11 is 6.05. The van der Waals surface area contributed by atoms with Crippen molar-refractivity contribution in [2.75, 3.05) is 25.0 Å². The van der Waals surface area contributed by atoms with Gasteiger partial charge in [-0.25, -0.2) is 8.42 Å². The second kappa shape index (κ2) is 8.94. The van der Waals surface area contributed by atoms with Gasteiger partial charge in [0.15, 0.2) is 0 Å². The lowest BCUT2D eigenvalue weighted by Gasteiger charge is -2.16. The number of rotatable bonds is 7. The fourth-order valence-corrected chi connectivity index (χ4v) is 4.74. The van der Waals surface area contributed by atoms with Crippen LogP contribution in [0.3, 0.4) is 0 Å². The van der Waals surface area contributed by atoms with Gasteiger partial charge in [0.05, 0.1) is 17.2 Å². The van der Waals surface area contributed by atoms with E-state index in [0.717, 1.165) is 19.3 Å². The lowest BCUT2D eigenvalue weighted by atomic mass is 10.2. The summed E-state index contributed by atoms with van der Waals surface area (Å²) in [5.74, 6) is 0.0857. The van der Waals surface area contributed by atoms with Gasteiger partial charge in [-0.3, -0.25) is 4.79 Å². The van der Waals surface area contributed by atoms with Crippen molar-refractivity contribution < 1.29 is 17.9 Å². The number of benzene rings is 2. The summed E-state index contributed by atoms with van der Waals surface area (Å²) in [6, 6.07) is 11.1. The van der Waals surface area contributed by atoms with Crippen LogP contribution in [0, 0.1) is 0 Å². The number of carbonyl (C=O) groups excluding carboxylic acids is 1. The number of sulfonamides is 1. The molecular weight excluding hydrogens is 400 g/mol. The number of carbonyl (C=O) groups is 1. The molecule has 2 aromatic rings. The summed E-state index contributed by atoms with van der Waals surface area (Å²) in [7, 11) is -3.59. The standard InChI is InChI=1S/C20H23ClN2O4S/c1-2-12-27-19-9-8-16(21)14-18(19)22-20(24)15-6-5-7-17(13-15)28(25,26)23-10-3-4-11-23/h5-9,13-14H,2-4,10-12H2,1H3,(H,22,24). The molecule has 1 heterocycles. The van der Waals surface area contributed by atoms with Gasteiger partial charge in [-0.1, -0.05) is 24.6 Å². The SMILES string of the molecule is CCCOc1ccc(Cl)cc1NC(=O)c1cccc(S(=O)(=O)N2CCCC2)c1. The molecule has 0 spiro atoms. The zero-order valence-corrected chi connectivity index (χ0v) is 17.2. The van der Waals surface area contributed by atoms with Crippen molar-refractivity contribution in [2.24, 2.45) is 0 Å². The molecule has 6 nitrogen and oxygen atoms in total. The Labute approximate surface area is 170 Å². The van der Waals surface area contributed by atoms with Crippen LogP contribution >= 0.6 is 11.6 Å². The van der Waals surface area contributed by atoms with E-state index in [-0.39, 0.29) is 10.5 Å². The van der Waals surface area contributed by atoms with Crippen molar-refractivity contribution in [1.29, 1.82) is 0 Å². The highest BCUT2D eigenvalue weighted by Crippen LogP contribution is 2.29. The van der Waals surface area contributed by atoms with E-state index in [1.165, 1.54) is 16.4 Å². The Hall–Kier alpha value is -2.09. The van der Waals surface area contributed by atoms with Gasteiger partial charge in [0.2, 0.25) is 10.0 Å². The lowest BCUT2D eigenvalue weighted by molar-refractivity contribution is 0.102. The zero-order chi connectivity index (χ0) is 20.1. The Kier molecular flexibility index (Phi) is 6.59. The largest absolute Gasteiger partial charge is 0.491 e. The maximum atomic E-state index is 12.7. The van der Waals surface area contributed by atoms with Crippen LogP contribution < -0.4 is 10.1 Å². The fraction of sp³-hybridized carbons (Fsp3) is 0.350. The maximum Gasteiger partial charge on any atom is 0.255 e. The van der Waals surface area contributed by atoms with Gasteiger partial charge < -0.3 is 10.1 Å². The third-order valence-electron chi connectivity index (χ3n) is 4.45. The summed E-state index contributed by atoms with van der Waals surface area (Å²) in [6.07, 6.45) is 2.54. The molecule has 0 unspecified atom stereocenters. The van der Waals surface area contributed by atoms with Crippen molar-refractivity contribution in [1.82, 2.24) is 4.31 Å². The van der Waals surface area contributed by atoms with Crippen LogP contribution in [0.1, 0.15) is 36.5 Å². The minimum Gasteiger partial charge on any atom is -0.491 e. The van der Waals surface area contributed by atoms with Crippen molar-refractivity contribution in [3.05, 3.63) is 53.1 Å². The predicted molar refractivity (Wildman–Crippen MR) is 110 cm³/mol. The van der Waals surface area contributed by atoms with Crippen molar-refractivity contribution in [2.45, 2.75) is 31.1 Å².